The number of hydrogen-bond acceptors (Lipinski definition) is 3. The molecule has 1 rings (SSSR count). The maximum absolute atomic E-state index is 11.8. The molecular formula is C15H25ClN2O2. The van der Waals surface area contributed by atoms with Gasteiger partial charge in [0.1, 0.15) is 6.04 Å². The molecule has 1 aromatic rings. The van der Waals surface area contributed by atoms with E-state index in [2.05, 4.69) is 44.3 Å². The van der Waals surface area contributed by atoms with E-state index in [4.69, 9.17) is 10.5 Å². The molecule has 3 N–H and O–H groups in total. The number of benzene rings is 1. The number of rotatable bonds is 6. The van der Waals surface area contributed by atoms with E-state index < -0.39 is 6.04 Å². The Bertz CT molecular complexity index is 436. The summed E-state index contributed by atoms with van der Waals surface area (Å²) in [6.07, 6.45) is 0. The Balaban J connectivity index is 0.00000361. The van der Waals surface area contributed by atoms with Crippen LogP contribution in [0.15, 0.2) is 24.3 Å². The smallest absolute Gasteiger partial charge is 0.239 e. The fourth-order valence-electron chi connectivity index (χ4n) is 1.86. The maximum Gasteiger partial charge on any atom is 0.239 e. The molecule has 4 nitrogen and oxygen atoms in total. The van der Waals surface area contributed by atoms with E-state index >= 15 is 0 Å². The lowest BCUT2D eigenvalue weighted by Gasteiger charge is -2.26. The lowest BCUT2D eigenvalue weighted by molar-refractivity contribution is -0.123. The van der Waals surface area contributed by atoms with Gasteiger partial charge in [-0.2, -0.15) is 0 Å². The van der Waals surface area contributed by atoms with Gasteiger partial charge >= 0.3 is 0 Å². The van der Waals surface area contributed by atoms with Gasteiger partial charge in [0.05, 0.1) is 6.61 Å². The van der Waals surface area contributed by atoms with E-state index in [1.807, 2.05) is 6.07 Å². The number of hydrogen-bond donors (Lipinski definition) is 2. The molecule has 0 aliphatic carbocycles. The number of nitrogens with two attached hydrogens (primary N) is 1. The van der Waals surface area contributed by atoms with Gasteiger partial charge in [0.2, 0.25) is 5.91 Å². The van der Waals surface area contributed by atoms with Gasteiger partial charge in [-0.15, -0.1) is 12.4 Å². The summed E-state index contributed by atoms with van der Waals surface area (Å²) in [5, 5.41) is 2.88. The normalized spacial score (nSPS) is 12.4. The number of methoxy groups -OCH3 is 1. The first-order valence-corrected chi connectivity index (χ1v) is 6.46. The number of carbonyl (C=O) groups is 1. The molecule has 5 heteroatoms. The van der Waals surface area contributed by atoms with Crippen molar-refractivity contribution in [2.24, 2.45) is 5.73 Å². The highest BCUT2D eigenvalue weighted by atomic mass is 35.5. The highest BCUT2D eigenvalue weighted by molar-refractivity contribution is 5.85. The Morgan fingerprint density at radius 1 is 1.45 bits per heavy atom. The van der Waals surface area contributed by atoms with Gasteiger partial charge in [0.25, 0.3) is 0 Å². The van der Waals surface area contributed by atoms with Crippen LogP contribution in [-0.2, 0) is 14.9 Å². The molecule has 0 radical (unpaired) electrons. The van der Waals surface area contributed by atoms with Gasteiger partial charge < -0.3 is 15.8 Å². The zero-order valence-electron chi connectivity index (χ0n) is 12.6. The highest BCUT2D eigenvalue weighted by Crippen LogP contribution is 2.22. The van der Waals surface area contributed by atoms with Crippen LogP contribution < -0.4 is 11.1 Å². The van der Waals surface area contributed by atoms with Crippen molar-refractivity contribution in [3.8, 4) is 0 Å². The quantitative estimate of drug-likeness (QED) is 0.842. The molecule has 0 fully saturated rings. The van der Waals surface area contributed by atoms with E-state index in [1.54, 1.807) is 0 Å². The number of nitrogens with one attached hydrogen (secondary N) is 1. The first kappa shape index (κ1) is 18.9. The standard InChI is InChI=1S/C15H24N2O2.ClH/c1-11-6-5-7-12(8-11)15(2,3)10-17-14(18)13(16)9-19-4;/h5-8,13H,9-10,16H2,1-4H3,(H,17,18);1H. The largest absolute Gasteiger partial charge is 0.383 e. The third-order valence-electron chi connectivity index (χ3n) is 3.19. The van der Waals surface area contributed by atoms with Crippen molar-refractivity contribution in [2.75, 3.05) is 20.3 Å². The van der Waals surface area contributed by atoms with Crippen LogP contribution >= 0.6 is 12.4 Å². The summed E-state index contributed by atoms with van der Waals surface area (Å²) in [5.41, 5.74) is 7.97. The summed E-state index contributed by atoms with van der Waals surface area (Å²) in [6, 6.07) is 7.70. The number of carbonyl (C=O) groups excluding carboxylic acids is 1. The Hall–Kier alpha value is -1.10. The second-order valence-electron chi connectivity index (χ2n) is 5.53. The van der Waals surface area contributed by atoms with E-state index in [-0.39, 0.29) is 30.3 Å². The summed E-state index contributed by atoms with van der Waals surface area (Å²) >= 11 is 0. The predicted molar refractivity (Wildman–Crippen MR) is 84.3 cm³/mol. The molecule has 0 aromatic heterocycles. The van der Waals surface area contributed by atoms with Gasteiger partial charge in [-0.05, 0) is 12.5 Å². The van der Waals surface area contributed by atoms with Crippen LogP contribution in [0.5, 0.6) is 0 Å². The Morgan fingerprint density at radius 2 is 2.10 bits per heavy atom. The Morgan fingerprint density at radius 3 is 2.65 bits per heavy atom. The molecule has 0 aliphatic rings. The minimum atomic E-state index is -0.613. The van der Waals surface area contributed by atoms with Gasteiger partial charge in [-0.25, -0.2) is 0 Å². The molecular weight excluding hydrogens is 276 g/mol. The second-order valence-corrected chi connectivity index (χ2v) is 5.53. The zero-order valence-corrected chi connectivity index (χ0v) is 13.4. The molecule has 0 saturated heterocycles. The summed E-state index contributed by atoms with van der Waals surface area (Å²) in [7, 11) is 1.53. The molecule has 0 saturated carbocycles. The average Bonchev–Trinajstić information content (AvgIpc) is 2.36. The molecule has 114 valence electrons. The summed E-state index contributed by atoms with van der Waals surface area (Å²) < 4.78 is 4.87. The predicted octanol–water partition coefficient (Wildman–Crippen LogP) is 1.78. The SMILES string of the molecule is COCC(N)C(=O)NCC(C)(C)c1cccc(C)c1.Cl. The van der Waals surface area contributed by atoms with Crippen LogP contribution in [0.4, 0.5) is 0 Å². The summed E-state index contributed by atoms with van der Waals surface area (Å²) in [6.45, 7) is 7.05. The van der Waals surface area contributed by atoms with Gasteiger partial charge in [-0.3, -0.25) is 4.79 Å². The van der Waals surface area contributed by atoms with Crippen molar-refractivity contribution in [3.63, 3.8) is 0 Å². The fourth-order valence-corrected chi connectivity index (χ4v) is 1.86. The van der Waals surface area contributed by atoms with Crippen molar-refractivity contribution < 1.29 is 9.53 Å². The maximum atomic E-state index is 11.8. The number of halogens is 1. The Labute approximate surface area is 127 Å². The molecule has 1 unspecified atom stereocenters. The zero-order chi connectivity index (χ0) is 14.5. The summed E-state index contributed by atoms with van der Waals surface area (Å²) in [4.78, 5) is 11.8. The molecule has 0 aliphatic heterocycles. The van der Waals surface area contributed by atoms with Gasteiger partial charge in [-0.1, -0.05) is 43.7 Å². The topological polar surface area (TPSA) is 64.3 Å². The second kappa shape index (κ2) is 8.25. The van der Waals surface area contributed by atoms with Crippen LogP contribution in [0, 0.1) is 6.92 Å². The van der Waals surface area contributed by atoms with E-state index in [1.165, 1.54) is 18.2 Å². The molecule has 1 aromatic carbocycles. The monoisotopic (exact) mass is 300 g/mol. The third kappa shape index (κ3) is 5.49. The van der Waals surface area contributed by atoms with Gasteiger partial charge in [0, 0.05) is 19.1 Å². The lowest BCUT2D eigenvalue weighted by Crippen LogP contribution is -2.47. The first-order valence-electron chi connectivity index (χ1n) is 6.46. The number of amides is 1. The lowest BCUT2D eigenvalue weighted by atomic mass is 9.84. The van der Waals surface area contributed by atoms with E-state index in [9.17, 15) is 4.79 Å². The van der Waals surface area contributed by atoms with Crippen molar-refractivity contribution in [1.29, 1.82) is 0 Å². The van der Waals surface area contributed by atoms with Crippen molar-refractivity contribution in [2.45, 2.75) is 32.2 Å². The third-order valence-corrected chi connectivity index (χ3v) is 3.19. The minimum absolute atomic E-state index is 0. The Kier molecular flexibility index (Phi) is 7.79. The van der Waals surface area contributed by atoms with Crippen molar-refractivity contribution in [3.05, 3.63) is 35.4 Å². The molecule has 1 amide bonds. The first-order chi connectivity index (χ1) is 8.86. The average molecular weight is 301 g/mol. The van der Waals surface area contributed by atoms with Crippen LogP contribution in [-0.4, -0.2) is 32.2 Å². The number of aryl methyl sites for hydroxylation is 1. The summed E-state index contributed by atoms with van der Waals surface area (Å²) in [5.74, 6) is -0.178. The van der Waals surface area contributed by atoms with Crippen LogP contribution in [0.3, 0.4) is 0 Å². The minimum Gasteiger partial charge on any atom is -0.383 e. The van der Waals surface area contributed by atoms with Crippen molar-refractivity contribution in [1.82, 2.24) is 5.32 Å². The van der Waals surface area contributed by atoms with Gasteiger partial charge in [0.15, 0.2) is 0 Å². The van der Waals surface area contributed by atoms with Crippen LogP contribution in [0.1, 0.15) is 25.0 Å². The molecule has 20 heavy (non-hydrogen) atoms. The van der Waals surface area contributed by atoms with Crippen molar-refractivity contribution >= 4 is 18.3 Å². The van der Waals surface area contributed by atoms with E-state index in [0.29, 0.717) is 6.54 Å². The molecule has 1 atom stereocenters. The van der Waals surface area contributed by atoms with E-state index in [0.717, 1.165) is 0 Å². The van der Waals surface area contributed by atoms with Crippen LogP contribution in [0.2, 0.25) is 0 Å². The molecule has 0 spiro atoms. The highest BCUT2D eigenvalue weighted by Gasteiger charge is 2.23. The number of ether oxygens (including phenoxy) is 1. The molecule has 0 bridgehead atoms. The van der Waals surface area contributed by atoms with Crippen LogP contribution in [0.25, 0.3) is 0 Å². The molecule has 0 heterocycles. The fraction of sp³-hybridized carbons (Fsp3) is 0.533.